The molecule has 0 amide bonds. The molecule has 2 nitrogen and oxygen atoms in total. The number of esters is 1. The monoisotopic (exact) mass is 326 g/mol. The quantitative estimate of drug-likeness (QED) is 0.450. The molecule has 1 aromatic rings. The standard InChI is InChI=1S/C18H21F3O2/c1-5-7-12-15(18(12,3)4)17(22)23-9-11-10(6-2)13(19)8-14(20)16(11)21/h5,7-8,12,15H,6,9H2,1-4H3/t12-,15+/m1/s1. The van der Waals surface area contributed by atoms with Crippen LogP contribution in [0.3, 0.4) is 0 Å². The second-order valence-electron chi connectivity index (χ2n) is 6.42. The third kappa shape index (κ3) is 3.14. The van der Waals surface area contributed by atoms with Crippen molar-refractivity contribution in [3.63, 3.8) is 0 Å². The van der Waals surface area contributed by atoms with Gasteiger partial charge in [0.1, 0.15) is 12.4 Å². The highest BCUT2D eigenvalue weighted by atomic mass is 19.2. The Morgan fingerprint density at radius 1 is 1.26 bits per heavy atom. The summed E-state index contributed by atoms with van der Waals surface area (Å²) in [7, 11) is 0. The molecule has 0 saturated heterocycles. The summed E-state index contributed by atoms with van der Waals surface area (Å²) in [5.74, 6) is -3.97. The molecule has 2 atom stereocenters. The summed E-state index contributed by atoms with van der Waals surface area (Å²) in [6.07, 6.45) is 3.99. The normalized spacial score (nSPS) is 22.4. The molecular weight excluding hydrogens is 305 g/mol. The van der Waals surface area contributed by atoms with Gasteiger partial charge in [0.05, 0.1) is 5.92 Å². The number of rotatable bonds is 5. The van der Waals surface area contributed by atoms with Crippen molar-refractivity contribution in [1.82, 2.24) is 0 Å². The Morgan fingerprint density at radius 2 is 1.91 bits per heavy atom. The largest absolute Gasteiger partial charge is 0.460 e. The smallest absolute Gasteiger partial charge is 0.310 e. The van der Waals surface area contributed by atoms with Gasteiger partial charge < -0.3 is 4.74 Å². The first-order chi connectivity index (χ1) is 10.8. The first kappa shape index (κ1) is 17.6. The molecule has 5 heteroatoms. The first-order valence-corrected chi connectivity index (χ1v) is 7.70. The summed E-state index contributed by atoms with van der Waals surface area (Å²) in [6, 6.07) is 0.519. The van der Waals surface area contributed by atoms with E-state index in [-0.39, 0.29) is 34.8 Å². The molecule has 1 fully saturated rings. The van der Waals surface area contributed by atoms with E-state index >= 15 is 0 Å². The Labute approximate surface area is 134 Å². The van der Waals surface area contributed by atoms with Gasteiger partial charge in [-0.2, -0.15) is 0 Å². The molecular formula is C18H21F3O2. The third-order valence-corrected chi connectivity index (χ3v) is 4.66. The van der Waals surface area contributed by atoms with Gasteiger partial charge >= 0.3 is 5.97 Å². The van der Waals surface area contributed by atoms with Crippen LogP contribution in [-0.2, 0) is 22.6 Å². The fourth-order valence-corrected chi connectivity index (χ4v) is 3.14. The maximum atomic E-state index is 13.9. The number of carbonyl (C=O) groups is 1. The van der Waals surface area contributed by atoms with Crippen molar-refractivity contribution in [1.29, 1.82) is 0 Å². The fraction of sp³-hybridized carbons (Fsp3) is 0.500. The SMILES string of the molecule is CC=C[C@@H]1[C@@H](C(=O)OCc2c(F)c(F)cc(F)c2CC)C1(C)C. The van der Waals surface area contributed by atoms with Crippen molar-refractivity contribution in [2.24, 2.45) is 17.3 Å². The second-order valence-corrected chi connectivity index (χ2v) is 6.42. The van der Waals surface area contributed by atoms with Crippen molar-refractivity contribution in [2.75, 3.05) is 0 Å². The van der Waals surface area contributed by atoms with E-state index in [2.05, 4.69) is 0 Å². The van der Waals surface area contributed by atoms with Crippen LogP contribution in [0, 0.1) is 34.7 Å². The van der Waals surface area contributed by atoms with Crippen LogP contribution in [0.1, 0.15) is 38.8 Å². The van der Waals surface area contributed by atoms with E-state index in [4.69, 9.17) is 4.74 Å². The van der Waals surface area contributed by atoms with Gasteiger partial charge in [-0.3, -0.25) is 4.79 Å². The van der Waals surface area contributed by atoms with Crippen molar-refractivity contribution in [3.8, 4) is 0 Å². The Bertz CT molecular complexity index is 650. The zero-order valence-electron chi connectivity index (χ0n) is 13.8. The number of allylic oxidation sites excluding steroid dienone is 2. The van der Waals surface area contributed by atoms with Crippen molar-refractivity contribution >= 4 is 5.97 Å². The molecule has 0 spiro atoms. The predicted molar refractivity (Wildman–Crippen MR) is 81.1 cm³/mol. The Morgan fingerprint density at radius 3 is 2.48 bits per heavy atom. The van der Waals surface area contributed by atoms with Crippen LogP contribution >= 0.6 is 0 Å². The highest BCUT2D eigenvalue weighted by Gasteiger charge is 2.61. The number of ether oxygens (including phenoxy) is 1. The minimum atomic E-state index is -1.27. The maximum Gasteiger partial charge on any atom is 0.310 e. The molecule has 0 heterocycles. The number of carbonyl (C=O) groups excluding carboxylic acids is 1. The molecule has 1 aliphatic rings. The van der Waals surface area contributed by atoms with Crippen molar-refractivity contribution < 1.29 is 22.7 Å². The molecule has 0 aromatic heterocycles. The lowest BCUT2D eigenvalue weighted by molar-refractivity contribution is -0.147. The van der Waals surface area contributed by atoms with Gasteiger partial charge in [-0.15, -0.1) is 0 Å². The van der Waals surface area contributed by atoms with Gasteiger partial charge in [-0.1, -0.05) is 32.9 Å². The average molecular weight is 326 g/mol. The molecule has 1 saturated carbocycles. The molecule has 0 N–H and O–H groups in total. The van der Waals surface area contributed by atoms with Crippen LogP contribution in [0.2, 0.25) is 0 Å². The molecule has 2 rings (SSSR count). The van der Waals surface area contributed by atoms with Gasteiger partial charge in [-0.25, -0.2) is 13.2 Å². The molecule has 0 bridgehead atoms. The molecule has 0 radical (unpaired) electrons. The van der Waals surface area contributed by atoms with E-state index in [1.165, 1.54) is 0 Å². The summed E-state index contributed by atoms with van der Waals surface area (Å²) in [5.41, 5.74) is -0.403. The lowest BCUT2D eigenvalue weighted by Gasteiger charge is -2.12. The Kier molecular flexibility index (Phi) is 4.87. The molecule has 23 heavy (non-hydrogen) atoms. The lowest BCUT2D eigenvalue weighted by Crippen LogP contribution is -2.13. The summed E-state index contributed by atoms with van der Waals surface area (Å²) < 4.78 is 46.1. The highest BCUT2D eigenvalue weighted by Crippen LogP contribution is 2.59. The molecule has 0 unspecified atom stereocenters. The number of hydrogen-bond donors (Lipinski definition) is 0. The molecule has 1 aromatic carbocycles. The predicted octanol–water partition coefficient (Wildman–Crippen LogP) is 4.56. The van der Waals surface area contributed by atoms with E-state index < -0.39 is 30.0 Å². The van der Waals surface area contributed by atoms with E-state index in [1.54, 1.807) is 6.92 Å². The fourth-order valence-electron chi connectivity index (χ4n) is 3.14. The summed E-state index contributed by atoms with van der Waals surface area (Å²) in [5, 5.41) is 0. The van der Waals surface area contributed by atoms with Crippen LogP contribution in [0.5, 0.6) is 0 Å². The number of hydrogen-bond acceptors (Lipinski definition) is 2. The van der Waals surface area contributed by atoms with Gasteiger partial charge in [-0.05, 0) is 30.2 Å². The summed E-state index contributed by atoms with van der Waals surface area (Å²) in [4.78, 5) is 12.2. The molecule has 1 aliphatic carbocycles. The molecule has 126 valence electrons. The van der Waals surface area contributed by atoms with Gasteiger partial charge in [0.2, 0.25) is 0 Å². The van der Waals surface area contributed by atoms with Gasteiger partial charge in [0, 0.05) is 11.6 Å². The summed E-state index contributed by atoms with van der Waals surface area (Å²) >= 11 is 0. The van der Waals surface area contributed by atoms with Crippen molar-refractivity contribution in [3.05, 3.63) is 46.8 Å². The zero-order valence-corrected chi connectivity index (χ0v) is 13.8. The summed E-state index contributed by atoms with van der Waals surface area (Å²) in [6.45, 7) is 6.94. The minimum Gasteiger partial charge on any atom is -0.460 e. The first-order valence-electron chi connectivity index (χ1n) is 7.70. The topological polar surface area (TPSA) is 26.3 Å². The van der Waals surface area contributed by atoms with Crippen molar-refractivity contribution in [2.45, 2.75) is 40.7 Å². The zero-order chi connectivity index (χ0) is 17.4. The number of benzene rings is 1. The second kappa shape index (κ2) is 6.38. The van der Waals surface area contributed by atoms with E-state index in [9.17, 15) is 18.0 Å². The van der Waals surface area contributed by atoms with Crippen LogP contribution in [0.25, 0.3) is 0 Å². The average Bonchev–Trinajstić information content (AvgIpc) is 3.02. The van der Waals surface area contributed by atoms with E-state index in [0.717, 1.165) is 0 Å². The van der Waals surface area contributed by atoms with Crippen LogP contribution in [-0.4, -0.2) is 5.97 Å². The Hall–Kier alpha value is -1.78. The van der Waals surface area contributed by atoms with Gasteiger partial charge in [0.25, 0.3) is 0 Å². The van der Waals surface area contributed by atoms with Crippen LogP contribution in [0.4, 0.5) is 13.2 Å². The number of halogens is 3. The van der Waals surface area contributed by atoms with E-state index in [0.29, 0.717) is 6.07 Å². The third-order valence-electron chi connectivity index (χ3n) is 4.66. The molecule has 0 aliphatic heterocycles. The minimum absolute atomic E-state index is 0.0387. The highest BCUT2D eigenvalue weighted by molar-refractivity contribution is 5.78. The lowest BCUT2D eigenvalue weighted by atomic mass is 10.0. The van der Waals surface area contributed by atoms with Crippen LogP contribution < -0.4 is 0 Å². The maximum absolute atomic E-state index is 13.9. The Balaban J connectivity index is 2.15. The van der Waals surface area contributed by atoms with Crippen LogP contribution in [0.15, 0.2) is 18.2 Å². The van der Waals surface area contributed by atoms with E-state index in [1.807, 2.05) is 32.9 Å². The van der Waals surface area contributed by atoms with Gasteiger partial charge in [0.15, 0.2) is 11.6 Å².